The molecule has 35 heavy (non-hydrogen) atoms. The lowest BCUT2D eigenvalue weighted by Gasteiger charge is -2.31. The second-order valence-electron chi connectivity index (χ2n) is 9.16. The highest BCUT2D eigenvalue weighted by Gasteiger charge is 2.51. The zero-order chi connectivity index (χ0) is 24.2. The standard InChI is InChI=1S/C31H24O4/c1-19(32)34-17-21-11-13-25-23-7-3-5-9-27(23)31(29(25)15-21)28-10-6-4-8-24(28)26-14-12-22(16-30(26)31)18-35-20(2)33/h3-16H,17-18H2,1-2H3. The summed E-state index contributed by atoms with van der Waals surface area (Å²) in [6.07, 6.45) is 0. The van der Waals surface area contributed by atoms with Crippen LogP contribution in [-0.2, 0) is 37.7 Å². The van der Waals surface area contributed by atoms with Gasteiger partial charge in [-0.2, -0.15) is 0 Å². The van der Waals surface area contributed by atoms with Gasteiger partial charge < -0.3 is 9.47 Å². The molecule has 0 N–H and O–H groups in total. The molecule has 4 aromatic rings. The smallest absolute Gasteiger partial charge is 0.302 e. The molecule has 2 aliphatic rings. The Bertz CT molecular complexity index is 1400. The number of hydrogen-bond acceptors (Lipinski definition) is 4. The maximum absolute atomic E-state index is 11.5. The predicted octanol–water partition coefficient (Wildman–Crippen LogP) is 6.16. The molecule has 4 nitrogen and oxygen atoms in total. The van der Waals surface area contributed by atoms with E-state index in [4.69, 9.17) is 9.47 Å². The molecule has 0 bridgehead atoms. The molecule has 0 aliphatic heterocycles. The molecule has 4 heteroatoms. The first-order chi connectivity index (χ1) is 17.0. The van der Waals surface area contributed by atoms with Crippen molar-refractivity contribution in [3.63, 3.8) is 0 Å². The maximum atomic E-state index is 11.5. The summed E-state index contributed by atoms with van der Waals surface area (Å²) < 4.78 is 10.7. The first-order valence-corrected chi connectivity index (χ1v) is 11.7. The van der Waals surface area contributed by atoms with Crippen LogP contribution in [0.5, 0.6) is 0 Å². The molecule has 0 saturated carbocycles. The normalized spacial score (nSPS) is 13.5. The highest BCUT2D eigenvalue weighted by atomic mass is 16.5. The molecule has 0 radical (unpaired) electrons. The molecule has 0 amide bonds. The molecule has 0 unspecified atom stereocenters. The van der Waals surface area contributed by atoms with Crippen LogP contribution in [-0.4, -0.2) is 11.9 Å². The topological polar surface area (TPSA) is 52.6 Å². The first-order valence-electron chi connectivity index (χ1n) is 11.7. The minimum absolute atomic E-state index is 0.232. The van der Waals surface area contributed by atoms with Crippen molar-refractivity contribution < 1.29 is 19.1 Å². The van der Waals surface area contributed by atoms with Crippen molar-refractivity contribution in [3.8, 4) is 22.3 Å². The number of carbonyl (C=O) groups is 2. The minimum atomic E-state index is -0.504. The van der Waals surface area contributed by atoms with Crippen molar-refractivity contribution in [2.75, 3.05) is 0 Å². The van der Waals surface area contributed by atoms with E-state index >= 15 is 0 Å². The molecule has 1 spiro atoms. The summed E-state index contributed by atoms with van der Waals surface area (Å²) in [6, 6.07) is 29.9. The van der Waals surface area contributed by atoms with E-state index in [2.05, 4.69) is 72.8 Å². The van der Waals surface area contributed by atoms with E-state index < -0.39 is 5.41 Å². The van der Waals surface area contributed by atoms with Crippen molar-refractivity contribution >= 4 is 11.9 Å². The Kier molecular flexibility index (Phi) is 4.85. The van der Waals surface area contributed by atoms with Crippen LogP contribution in [0, 0.1) is 0 Å². The molecule has 4 aromatic carbocycles. The van der Waals surface area contributed by atoms with Crippen molar-refractivity contribution in [3.05, 3.63) is 118 Å². The Labute approximate surface area is 204 Å². The lowest BCUT2D eigenvalue weighted by molar-refractivity contribution is -0.143. The molecule has 0 atom stereocenters. The van der Waals surface area contributed by atoms with E-state index in [1.165, 1.54) is 58.4 Å². The number of hydrogen-bond donors (Lipinski definition) is 0. The van der Waals surface area contributed by atoms with E-state index in [1.807, 2.05) is 12.1 Å². The average Bonchev–Trinajstić information content (AvgIpc) is 3.33. The predicted molar refractivity (Wildman–Crippen MR) is 134 cm³/mol. The van der Waals surface area contributed by atoms with Gasteiger partial charge in [0.1, 0.15) is 13.2 Å². The highest BCUT2D eigenvalue weighted by molar-refractivity contribution is 5.95. The van der Waals surface area contributed by atoms with Crippen molar-refractivity contribution in [2.45, 2.75) is 32.5 Å². The number of benzene rings is 4. The van der Waals surface area contributed by atoms with Crippen LogP contribution in [0.25, 0.3) is 22.3 Å². The summed E-state index contributed by atoms with van der Waals surface area (Å²) in [5.74, 6) is -0.592. The summed E-state index contributed by atoms with van der Waals surface area (Å²) in [5, 5.41) is 0. The van der Waals surface area contributed by atoms with E-state index in [9.17, 15) is 9.59 Å². The monoisotopic (exact) mass is 460 g/mol. The van der Waals surface area contributed by atoms with Gasteiger partial charge in [-0.15, -0.1) is 0 Å². The van der Waals surface area contributed by atoms with Crippen LogP contribution in [0.1, 0.15) is 47.2 Å². The number of rotatable bonds is 4. The van der Waals surface area contributed by atoms with Crippen molar-refractivity contribution in [2.24, 2.45) is 0 Å². The lowest BCUT2D eigenvalue weighted by Crippen LogP contribution is -2.26. The number of esters is 2. The Morgan fingerprint density at radius 1 is 0.571 bits per heavy atom. The number of fused-ring (bicyclic) bond motifs is 10. The van der Waals surface area contributed by atoms with E-state index in [1.54, 1.807) is 0 Å². The van der Waals surface area contributed by atoms with Gasteiger partial charge in [0.2, 0.25) is 0 Å². The fourth-order valence-electron chi connectivity index (χ4n) is 5.78. The van der Waals surface area contributed by atoms with Gasteiger partial charge in [0.15, 0.2) is 0 Å². The van der Waals surface area contributed by atoms with E-state index in [0.717, 1.165) is 11.1 Å². The van der Waals surface area contributed by atoms with Gasteiger partial charge in [-0.3, -0.25) is 9.59 Å². The largest absolute Gasteiger partial charge is 0.461 e. The highest BCUT2D eigenvalue weighted by Crippen LogP contribution is 2.62. The molecule has 6 rings (SSSR count). The molecule has 0 saturated heterocycles. The van der Waals surface area contributed by atoms with Crippen LogP contribution in [0.2, 0.25) is 0 Å². The third kappa shape index (κ3) is 3.13. The fourth-order valence-corrected chi connectivity index (χ4v) is 5.78. The van der Waals surface area contributed by atoms with Gasteiger partial charge in [0, 0.05) is 13.8 Å². The lowest BCUT2D eigenvalue weighted by atomic mass is 9.70. The summed E-state index contributed by atoms with van der Waals surface area (Å²) in [4.78, 5) is 23.0. The van der Waals surface area contributed by atoms with Gasteiger partial charge in [0.25, 0.3) is 0 Å². The molecular formula is C31H24O4. The van der Waals surface area contributed by atoms with Crippen molar-refractivity contribution in [1.29, 1.82) is 0 Å². The molecule has 0 heterocycles. The SMILES string of the molecule is CC(=O)OCc1ccc2c(c1)C1(c3ccccc3-2)c2ccccc2-c2ccc(COC(C)=O)cc21. The van der Waals surface area contributed by atoms with Gasteiger partial charge >= 0.3 is 11.9 Å². The third-order valence-corrected chi connectivity index (χ3v) is 7.10. The Morgan fingerprint density at radius 3 is 1.40 bits per heavy atom. The zero-order valence-corrected chi connectivity index (χ0v) is 19.6. The van der Waals surface area contributed by atoms with E-state index in [0.29, 0.717) is 0 Å². The van der Waals surface area contributed by atoms with Crippen LogP contribution < -0.4 is 0 Å². The summed E-state index contributed by atoms with van der Waals surface area (Å²) in [6.45, 7) is 3.32. The molecule has 0 aromatic heterocycles. The fraction of sp³-hybridized carbons (Fsp3) is 0.161. The number of carbonyl (C=O) groups excluding carboxylic acids is 2. The molecule has 0 fully saturated rings. The number of ether oxygens (including phenoxy) is 2. The maximum Gasteiger partial charge on any atom is 0.302 e. The quantitative estimate of drug-likeness (QED) is 0.296. The van der Waals surface area contributed by atoms with Gasteiger partial charge in [0.05, 0.1) is 5.41 Å². The van der Waals surface area contributed by atoms with Crippen LogP contribution in [0.4, 0.5) is 0 Å². The van der Waals surface area contributed by atoms with Crippen LogP contribution >= 0.6 is 0 Å². The second kappa shape index (κ2) is 7.95. The minimum Gasteiger partial charge on any atom is -0.461 e. The van der Waals surface area contributed by atoms with Gasteiger partial charge in [-0.05, 0) is 55.6 Å². The van der Waals surface area contributed by atoms with Gasteiger partial charge in [-0.1, -0.05) is 84.9 Å². The Hall–Kier alpha value is -4.18. The van der Waals surface area contributed by atoms with E-state index in [-0.39, 0.29) is 25.2 Å². The Balaban J connectivity index is 1.65. The van der Waals surface area contributed by atoms with Crippen LogP contribution in [0.3, 0.4) is 0 Å². The molecule has 172 valence electrons. The summed E-state index contributed by atoms with van der Waals surface area (Å²) >= 11 is 0. The molecule has 2 aliphatic carbocycles. The molecular weight excluding hydrogens is 436 g/mol. The summed E-state index contributed by atoms with van der Waals surface area (Å²) in [5.41, 5.74) is 11.0. The van der Waals surface area contributed by atoms with Crippen LogP contribution in [0.15, 0.2) is 84.9 Å². The zero-order valence-electron chi connectivity index (χ0n) is 19.6. The average molecular weight is 461 g/mol. The Morgan fingerprint density at radius 2 is 0.971 bits per heavy atom. The summed E-state index contributed by atoms with van der Waals surface area (Å²) in [7, 11) is 0. The first kappa shape index (κ1) is 21.4. The van der Waals surface area contributed by atoms with Gasteiger partial charge in [-0.25, -0.2) is 0 Å². The van der Waals surface area contributed by atoms with Crippen molar-refractivity contribution in [1.82, 2.24) is 0 Å². The second-order valence-corrected chi connectivity index (χ2v) is 9.16. The third-order valence-electron chi connectivity index (χ3n) is 7.10.